The summed E-state index contributed by atoms with van der Waals surface area (Å²) in [6.45, 7) is 2.21. The molecule has 0 radical (unpaired) electrons. The summed E-state index contributed by atoms with van der Waals surface area (Å²) >= 11 is 1.03. The second-order valence-electron chi connectivity index (χ2n) is 7.19. The summed E-state index contributed by atoms with van der Waals surface area (Å²) in [5.41, 5.74) is 0.745. The third-order valence-corrected chi connectivity index (χ3v) is 6.86. The second kappa shape index (κ2) is 6.64. The van der Waals surface area contributed by atoms with Gasteiger partial charge in [0.25, 0.3) is 0 Å². The maximum Gasteiger partial charge on any atom is 0.176 e. The maximum absolute atomic E-state index is 15.2. The number of fused-ring (bicyclic) bond motifs is 3. The largest absolute Gasteiger partial charge is 0.205 e. The second-order valence-corrected chi connectivity index (χ2v) is 8.21. The van der Waals surface area contributed by atoms with Gasteiger partial charge in [0.05, 0.1) is 9.40 Å². The topological polar surface area (TPSA) is 0 Å². The lowest BCUT2D eigenvalue weighted by molar-refractivity contribution is 0.305. The van der Waals surface area contributed by atoms with Crippen molar-refractivity contribution in [2.45, 2.75) is 51.4 Å². The minimum Gasteiger partial charge on any atom is -0.205 e. The Kier molecular flexibility index (Phi) is 4.48. The first kappa shape index (κ1) is 16.9. The Morgan fingerprint density at radius 1 is 0.880 bits per heavy atom. The zero-order chi connectivity index (χ0) is 17.6. The van der Waals surface area contributed by atoms with E-state index in [1.165, 1.54) is 12.8 Å². The third-order valence-electron chi connectivity index (χ3n) is 5.65. The molecule has 0 atom stereocenters. The molecule has 0 unspecified atom stereocenters. The van der Waals surface area contributed by atoms with E-state index in [2.05, 4.69) is 6.92 Å². The molecule has 0 nitrogen and oxygen atoms in total. The molecule has 0 bridgehead atoms. The minimum atomic E-state index is -0.881. The Morgan fingerprint density at radius 2 is 1.52 bits per heavy atom. The first-order chi connectivity index (χ1) is 12.1. The molecule has 3 aromatic rings. The number of rotatable bonds is 3. The molecule has 0 aliphatic heterocycles. The fourth-order valence-corrected chi connectivity index (χ4v) is 5.49. The number of halogens is 3. The number of hydrogen-bond donors (Lipinski definition) is 0. The number of thiophene rings is 1. The minimum absolute atomic E-state index is 0.206. The highest BCUT2D eigenvalue weighted by molar-refractivity contribution is 7.25. The van der Waals surface area contributed by atoms with Crippen LogP contribution in [0, 0.1) is 23.4 Å². The highest BCUT2D eigenvalue weighted by Crippen LogP contribution is 2.43. The van der Waals surface area contributed by atoms with Crippen LogP contribution < -0.4 is 0 Å². The molecule has 1 saturated carbocycles. The van der Waals surface area contributed by atoms with Crippen LogP contribution in [-0.4, -0.2) is 0 Å². The van der Waals surface area contributed by atoms with E-state index >= 15 is 4.39 Å². The van der Waals surface area contributed by atoms with Crippen LogP contribution in [0.4, 0.5) is 13.2 Å². The Morgan fingerprint density at radius 3 is 2.20 bits per heavy atom. The fourth-order valence-electron chi connectivity index (χ4n) is 4.31. The van der Waals surface area contributed by atoms with Crippen LogP contribution in [-0.2, 0) is 0 Å². The first-order valence-corrected chi connectivity index (χ1v) is 9.90. The van der Waals surface area contributed by atoms with E-state index in [-0.39, 0.29) is 16.4 Å². The Bertz CT molecular complexity index is 920. The molecule has 0 saturated heterocycles. The molecule has 1 aliphatic carbocycles. The molecule has 1 heterocycles. The molecular weight excluding hydrogens is 341 g/mol. The maximum atomic E-state index is 15.2. The van der Waals surface area contributed by atoms with Crippen LogP contribution in [0.25, 0.3) is 20.2 Å². The lowest BCUT2D eigenvalue weighted by Gasteiger charge is -2.28. The SMILES string of the molecule is CCCC1CCC(c2ccc3c(sc4c(F)c(F)ccc43)c2F)CC1. The van der Waals surface area contributed by atoms with Crippen molar-refractivity contribution in [2.75, 3.05) is 0 Å². The van der Waals surface area contributed by atoms with Gasteiger partial charge in [-0.3, -0.25) is 0 Å². The fraction of sp³-hybridized carbons (Fsp3) is 0.429. The molecule has 1 aliphatic rings. The van der Waals surface area contributed by atoms with Gasteiger partial charge in [-0.25, -0.2) is 13.2 Å². The zero-order valence-corrected chi connectivity index (χ0v) is 15.1. The summed E-state index contributed by atoms with van der Waals surface area (Å²) in [6, 6.07) is 6.39. The van der Waals surface area contributed by atoms with Crippen molar-refractivity contribution in [3.63, 3.8) is 0 Å². The predicted octanol–water partition coefficient (Wildman–Crippen LogP) is 7.55. The van der Waals surface area contributed by atoms with Gasteiger partial charge in [0.1, 0.15) is 5.82 Å². The molecule has 1 fully saturated rings. The monoisotopic (exact) mass is 362 g/mol. The summed E-state index contributed by atoms with van der Waals surface area (Å²) < 4.78 is 43.4. The molecule has 0 amide bonds. The van der Waals surface area contributed by atoms with Gasteiger partial charge in [-0.15, -0.1) is 11.3 Å². The number of hydrogen-bond acceptors (Lipinski definition) is 1. The molecule has 4 heteroatoms. The van der Waals surface area contributed by atoms with Crippen LogP contribution >= 0.6 is 11.3 Å². The summed E-state index contributed by atoms with van der Waals surface area (Å²) in [5.74, 6) is -0.982. The van der Waals surface area contributed by atoms with Gasteiger partial charge in [0.15, 0.2) is 11.6 Å². The number of benzene rings is 2. The van der Waals surface area contributed by atoms with E-state index in [0.29, 0.717) is 15.5 Å². The van der Waals surface area contributed by atoms with Crippen LogP contribution in [0.3, 0.4) is 0 Å². The van der Waals surface area contributed by atoms with Crippen molar-refractivity contribution in [1.29, 1.82) is 0 Å². The molecule has 2 aromatic carbocycles. The average Bonchev–Trinajstić information content (AvgIpc) is 3.00. The predicted molar refractivity (Wildman–Crippen MR) is 98.8 cm³/mol. The molecule has 25 heavy (non-hydrogen) atoms. The van der Waals surface area contributed by atoms with E-state index in [9.17, 15) is 8.78 Å². The molecule has 0 spiro atoms. The van der Waals surface area contributed by atoms with Crippen molar-refractivity contribution < 1.29 is 13.2 Å². The van der Waals surface area contributed by atoms with Crippen LogP contribution in [0.2, 0.25) is 0 Å². The molecule has 4 rings (SSSR count). The van der Waals surface area contributed by atoms with Gasteiger partial charge in [-0.1, -0.05) is 31.9 Å². The Hall–Kier alpha value is -1.55. The van der Waals surface area contributed by atoms with E-state index in [4.69, 9.17) is 0 Å². The van der Waals surface area contributed by atoms with E-state index < -0.39 is 11.6 Å². The van der Waals surface area contributed by atoms with Crippen LogP contribution in [0.15, 0.2) is 24.3 Å². The summed E-state index contributed by atoms with van der Waals surface area (Å²) in [7, 11) is 0. The van der Waals surface area contributed by atoms with Crippen molar-refractivity contribution >= 4 is 31.5 Å². The lowest BCUT2D eigenvalue weighted by atomic mass is 9.77. The van der Waals surface area contributed by atoms with E-state index in [1.807, 2.05) is 12.1 Å². The zero-order valence-electron chi connectivity index (χ0n) is 14.2. The van der Waals surface area contributed by atoms with Crippen molar-refractivity contribution in [2.24, 2.45) is 5.92 Å². The molecule has 132 valence electrons. The quantitative estimate of drug-likeness (QED) is 0.451. The Balaban J connectivity index is 1.73. The van der Waals surface area contributed by atoms with Gasteiger partial charge in [0, 0.05) is 10.8 Å². The first-order valence-electron chi connectivity index (χ1n) is 9.08. The van der Waals surface area contributed by atoms with Gasteiger partial charge in [-0.05, 0) is 55.2 Å². The van der Waals surface area contributed by atoms with Gasteiger partial charge < -0.3 is 0 Å². The normalized spacial score (nSPS) is 21.3. The molecule has 0 N–H and O–H groups in total. The van der Waals surface area contributed by atoms with Gasteiger partial charge in [0.2, 0.25) is 0 Å². The highest BCUT2D eigenvalue weighted by Gasteiger charge is 2.26. The van der Waals surface area contributed by atoms with E-state index in [1.54, 1.807) is 6.07 Å². The summed E-state index contributed by atoms with van der Waals surface area (Å²) in [5, 5.41) is 1.27. The van der Waals surface area contributed by atoms with Crippen molar-refractivity contribution in [3.05, 3.63) is 47.3 Å². The standard InChI is InChI=1S/C21H21F3S/c1-2-3-12-4-6-13(7-5-12)14-8-9-15-16-10-11-17(22)19(24)21(16)25-20(15)18(14)23/h8-13H,2-7H2,1H3. The summed E-state index contributed by atoms with van der Waals surface area (Å²) in [4.78, 5) is 0. The lowest BCUT2D eigenvalue weighted by Crippen LogP contribution is -2.14. The van der Waals surface area contributed by atoms with Crippen molar-refractivity contribution in [1.82, 2.24) is 0 Å². The molecule has 1 aromatic heterocycles. The van der Waals surface area contributed by atoms with E-state index in [0.717, 1.165) is 54.6 Å². The van der Waals surface area contributed by atoms with Crippen molar-refractivity contribution in [3.8, 4) is 0 Å². The third kappa shape index (κ3) is 2.84. The van der Waals surface area contributed by atoms with Crippen LogP contribution in [0.5, 0.6) is 0 Å². The van der Waals surface area contributed by atoms with Gasteiger partial charge >= 0.3 is 0 Å². The Labute approximate surface area is 149 Å². The van der Waals surface area contributed by atoms with Crippen LogP contribution in [0.1, 0.15) is 56.9 Å². The average molecular weight is 362 g/mol. The highest BCUT2D eigenvalue weighted by atomic mass is 32.1. The summed E-state index contributed by atoms with van der Waals surface area (Å²) in [6.07, 6.45) is 6.81. The smallest absolute Gasteiger partial charge is 0.176 e. The molecular formula is C21H21F3S. The van der Waals surface area contributed by atoms with Gasteiger partial charge in [-0.2, -0.15) is 0 Å².